The summed E-state index contributed by atoms with van der Waals surface area (Å²) >= 11 is 3.42. The third-order valence-electron chi connectivity index (χ3n) is 2.51. The van der Waals surface area contributed by atoms with E-state index in [1.165, 1.54) is 0 Å². The van der Waals surface area contributed by atoms with Gasteiger partial charge in [-0.05, 0) is 43.0 Å². The Morgan fingerprint density at radius 3 is 2.67 bits per heavy atom. The number of carboxylic acid groups (broad SMARTS) is 1. The Labute approximate surface area is 97.4 Å². The van der Waals surface area contributed by atoms with Gasteiger partial charge >= 0.3 is 5.97 Å². The van der Waals surface area contributed by atoms with E-state index >= 15 is 0 Å². The lowest BCUT2D eigenvalue weighted by Gasteiger charge is -2.13. The van der Waals surface area contributed by atoms with E-state index in [2.05, 4.69) is 15.9 Å². The molecule has 0 spiro atoms. The second kappa shape index (κ2) is 4.77. The van der Waals surface area contributed by atoms with Gasteiger partial charge in [-0.15, -0.1) is 0 Å². The summed E-state index contributed by atoms with van der Waals surface area (Å²) in [6.45, 7) is 3.92. The minimum absolute atomic E-state index is 0.367. The van der Waals surface area contributed by atoms with Crippen LogP contribution >= 0.6 is 15.9 Å². The van der Waals surface area contributed by atoms with Crippen LogP contribution in [0.4, 0.5) is 0 Å². The maximum Gasteiger partial charge on any atom is 0.320 e. The number of carboxylic acids is 1. The van der Waals surface area contributed by atoms with Crippen molar-refractivity contribution in [1.29, 1.82) is 0 Å². The van der Waals surface area contributed by atoms with Crippen molar-refractivity contribution in [3.05, 3.63) is 33.3 Å². The Bertz CT molecular complexity index is 390. The van der Waals surface area contributed by atoms with Gasteiger partial charge in [-0.3, -0.25) is 4.79 Å². The predicted octanol–water partition coefficient (Wildman–Crippen LogP) is 2.02. The second-order valence-corrected chi connectivity index (χ2v) is 4.47. The van der Waals surface area contributed by atoms with Crippen LogP contribution in [0.25, 0.3) is 0 Å². The van der Waals surface area contributed by atoms with Crippen molar-refractivity contribution in [2.75, 3.05) is 0 Å². The van der Waals surface area contributed by atoms with Gasteiger partial charge in [0.05, 0.1) is 0 Å². The van der Waals surface area contributed by atoms with Gasteiger partial charge < -0.3 is 10.8 Å². The highest BCUT2D eigenvalue weighted by atomic mass is 79.9. The summed E-state index contributed by atoms with van der Waals surface area (Å²) in [5.74, 6) is -0.964. The number of carbonyl (C=O) groups is 1. The van der Waals surface area contributed by atoms with Gasteiger partial charge in [0.1, 0.15) is 6.04 Å². The van der Waals surface area contributed by atoms with Gasteiger partial charge in [-0.25, -0.2) is 0 Å². The number of benzene rings is 1. The van der Waals surface area contributed by atoms with Crippen LogP contribution in [0.2, 0.25) is 0 Å². The summed E-state index contributed by atoms with van der Waals surface area (Å²) in [6.07, 6.45) is 0.367. The number of rotatable bonds is 3. The van der Waals surface area contributed by atoms with E-state index in [0.29, 0.717) is 6.42 Å². The van der Waals surface area contributed by atoms with E-state index in [9.17, 15) is 4.79 Å². The number of aliphatic carboxylic acids is 1. The van der Waals surface area contributed by atoms with Crippen LogP contribution in [0.3, 0.4) is 0 Å². The van der Waals surface area contributed by atoms with Crippen molar-refractivity contribution in [2.45, 2.75) is 26.3 Å². The molecule has 1 atom stereocenters. The average Bonchev–Trinajstić information content (AvgIpc) is 2.18. The molecule has 4 heteroatoms. The topological polar surface area (TPSA) is 63.3 Å². The average molecular weight is 272 g/mol. The standard InChI is InChI=1S/C11H14BrNO2/c1-6-3-4-9(12)7(2)8(6)5-10(13)11(14)15/h3-4,10H,5,13H2,1-2H3,(H,14,15). The highest BCUT2D eigenvalue weighted by Gasteiger charge is 2.15. The van der Waals surface area contributed by atoms with E-state index in [0.717, 1.165) is 21.2 Å². The van der Waals surface area contributed by atoms with Crippen LogP contribution in [-0.2, 0) is 11.2 Å². The van der Waals surface area contributed by atoms with E-state index in [1.807, 2.05) is 26.0 Å². The van der Waals surface area contributed by atoms with E-state index in [4.69, 9.17) is 10.8 Å². The minimum atomic E-state index is -0.964. The van der Waals surface area contributed by atoms with Crippen molar-refractivity contribution in [3.63, 3.8) is 0 Å². The molecule has 15 heavy (non-hydrogen) atoms. The zero-order valence-corrected chi connectivity index (χ0v) is 10.3. The van der Waals surface area contributed by atoms with Crippen molar-refractivity contribution in [1.82, 2.24) is 0 Å². The maximum atomic E-state index is 10.7. The summed E-state index contributed by atoms with van der Waals surface area (Å²) in [7, 11) is 0. The van der Waals surface area contributed by atoms with Crippen LogP contribution in [-0.4, -0.2) is 17.1 Å². The van der Waals surface area contributed by atoms with Crippen LogP contribution < -0.4 is 5.73 Å². The molecule has 0 heterocycles. The molecule has 82 valence electrons. The molecule has 3 nitrogen and oxygen atoms in total. The Morgan fingerprint density at radius 1 is 1.53 bits per heavy atom. The van der Waals surface area contributed by atoms with Gasteiger partial charge in [0.2, 0.25) is 0 Å². The largest absolute Gasteiger partial charge is 0.480 e. The van der Waals surface area contributed by atoms with Crippen molar-refractivity contribution in [2.24, 2.45) is 5.73 Å². The van der Waals surface area contributed by atoms with Gasteiger partial charge in [-0.2, -0.15) is 0 Å². The predicted molar refractivity (Wildman–Crippen MR) is 62.9 cm³/mol. The fourth-order valence-corrected chi connectivity index (χ4v) is 1.86. The number of nitrogens with two attached hydrogens (primary N) is 1. The van der Waals surface area contributed by atoms with Crippen LogP contribution in [0.1, 0.15) is 16.7 Å². The second-order valence-electron chi connectivity index (χ2n) is 3.62. The normalized spacial score (nSPS) is 12.5. The highest BCUT2D eigenvalue weighted by molar-refractivity contribution is 9.10. The lowest BCUT2D eigenvalue weighted by molar-refractivity contribution is -0.138. The molecule has 1 aromatic rings. The number of hydrogen-bond acceptors (Lipinski definition) is 2. The van der Waals surface area contributed by atoms with Gasteiger partial charge in [-0.1, -0.05) is 22.0 Å². The van der Waals surface area contributed by atoms with Gasteiger partial charge in [0, 0.05) is 4.47 Å². The smallest absolute Gasteiger partial charge is 0.320 e. The lowest BCUT2D eigenvalue weighted by atomic mass is 9.97. The summed E-state index contributed by atoms with van der Waals surface area (Å²) in [6, 6.07) is 3.08. The first-order chi connectivity index (χ1) is 6.93. The first kappa shape index (κ1) is 12.2. The molecule has 0 aliphatic carbocycles. The Balaban J connectivity index is 3.03. The summed E-state index contributed by atoms with van der Waals surface area (Å²) in [5.41, 5.74) is 8.67. The van der Waals surface area contributed by atoms with Crippen LogP contribution in [0.15, 0.2) is 16.6 Å². The van der Waals surface area contributed by atoms with Crippen LogP contribution in [0.5, 0.6) is 0 Å². The van der Waals surface area contributed by atoms with E-state index in [1.54, 1.807) is 0 Å². The molecular formula is C11H14BrNO2. The van der Waals surface area contributed by atoms with E-state index in [-0.39, 0.29) is 0 Å². The first-order valence-corrected chi connectivity index (χ1v) is 5.45. The Morgan fingerprint density at radius 2 is 2.13 bits per heavy atom. The number of aryl methyl sites for hydroxylation is 1. The van der Waals surface area contributed by atoms with Crippen molar-refractivity contribution >= 4 is 21.9 Å². The molecular weight excluding hydrogens is 258 g/mol. The number of hydrogen-bond donors (Lipinski definition) is 2. The minimum Gasteiger partial charge on any atom is -0.480 e. The highest BCUT2D eigenvalue weighted by Crippen LogP contribution is 2.23. The molecule has 0 aliphatic heterocycles. The molecule has 1 rings (SSSR count). The summed E-state index contributed by atoms with van der Waals surface area (Å²) in [5, 5.41) is 8.76. The third-order valence-corrected chi connectivity index (χ3v) is 3.37. The van der Waals surface area contributed by atoms with Gasteiger partial charge in [0.25, 0.3) is 0 Å². The fraction of sp³-hybridized carbons (Fsp3) is 0.364. The van der Waals surface area contributed by atoms with Crippen molar-refractivity contribution in [3.8, 4) is 0 Å². The monoisotopic (exact) mass is 271 g/mol. The van der Waals surface area contributed by atoms with Gasteiger partial charge in [0.15, 0.2) is 0 Å². The molecule has 0 aliphatic rings. The molecule has 0 saturated carbocycles. The SMILES string of the molecule is Cc1ccc(Br)c(C)c1CC(N)C(=O)O. The third kappa shape index (κ3) is 2.79. The molecule has 0 saturated heterocycles. The Hall–Kier alpha value is -0.870. The summed E-state index contributed by atoms with van der Waals surface area (Å²) in [4.78, 5) is 10.7. The fourth-order valence-electron chi connectivity index (χ4n) is 1.48. The molecule has 0 bridgehead atoms. The number of halogens is 1. The molecule has 0 fully saturated rings. The lowest BCUT2D eigenvalue weighted by Crippen LogP contribution is -2.32. The maximum absolute atomic E-state index is 10.7. The van der Waals surface area contributed by atoms with Crippen molar-refractivity contribution < 1.29 is 9.90 Å². The molecule has 1 aromatic carbocycles. The zero-order valence-electron chi connectivity index (χ0n) is 8.75. The molecule has 3 N–H and O–H groups in total. The van der Waals surface area contributed by atoms with E-state index < -0.39 is 12.0 Å². The molecule has 0 amide bonds. The van der Waals surface area contributed by atoms with Crippen LogP contribution in [0, 0.1) is 13.8 Å². The Kier molecular flexibility index (Phi) is 3.88. The summed E-state index contributed by atoms with van der Waals surface area (Å²) < 4.78 is 0.987. The molecule has 0 radical (unpaired) electrons. The molecule has 0 aromatic heterocycles. The zero-order chi connectivity index (χ0) is 11.6. The first-order valence-electron chi connectivity index (χ1n) is 4.66. The quantitative estimate of drug-likeness (QED) is 0.884. The molecule has 1 unspecified atom stereocenters.